The van der Waals surface area contributed by atoms with E-state index < -0.39 is 0 Å². The van der Waals surface area contributed by atoms with Crippen LogP contribution in [0.3, 0.4) is 0 Å². The van der Waals surface area contributed by atoms with Crippen LogP contribution < -0.4 is 5.32 Å². The second-order valence-electron chi connectivity index (χ2n) is 6.98. The molecule has 1 fully saturated rings. The van der Waals surface area contributed by atoms with Crippen LogP contribution in [0.15, 0.2) is 36.4 Å². The number of likely N-dealkylation sites (tertiary alicyclic amines) is 1. The van der Waals surface area contributed by atoms with Crippen LogP contribution in [0.4, 0.5) is 0 Å². The number of rotatable bonds is 5. The van der Waals surface area contributed by atoms with Crippen molar-refractivity contribution in [2.24, 2.45) is 5.92 Å². The Morgan fingerprint density at radius 2 is 1.70 bits per heavy atom. The largest absolute Gasteiger partial charge is 0.342 e. The molecule has 0 spiro atoms. The fourth-order valence-corrected chi connectivity index (χ4v) is 4.04. The Balaban J connectivity index is 1.47. The van der Waals surface area contributed by atoms with Crippen LogP contribution in [0, 0.1) is 19.8 Å². The Bertz CT molecular complexity index is 833. The molecule has 0 radical (unpaired) electrons. The molecule has 1 aliphatic heterocycles. The maximum Gasteiger partial charge on any atom is 0.261 e. The van der Waals surface area contributed by atoms with Gasteiger partial charge in [0.1, 0.15) is 0 Å². The Labute approximate surface area is 163 Å². The SMILES string of the molecule is Cc1ccc(C(=O)C2CCN(C(=O)CNC(=O)c3ccc(C)s3)CC2)cc1. The molecule has 27 heavy (non-hydrogen) atoms. The Hall–Kier alpha value is -2.47. The summed E-state index contributed by atoms with van der Waals surface area (Å²) in [7, 11) is 0. The van der Waals surface area contributed by atoms with E-state index in [-0.39, 0.29) is 30.1 Å². The van der Waals surface area contributed by atoms with Crippen molar-refractivity contribution < 1.29 is 14.4 Å². The molecule has 0 bridgehead atoms. The number of piperidine rings is 1. The van der Waals surface area contributed by atoms with Crippen molar-refractivity contribution in [3.63, 3.8) is 0 Å². The number of hydrogen-bond donors (Lipinski definition) is 1. The van der Waals surface area contributed by atoms with Crippen LogP contribution in [0.5, 0.6) is 0 Å². The third-order valence-electron chi connectivity index (χ3n) is 4.92. The minimum Gasteiger partial charge on any atom is -0.342 e. The topological polar surface area (TPSA) is 66.5 Å². The van der Waals surface area contributed by atoms with E-state index >= 15 is 0 Å². The molecular weight excluding hydrogens is 360 g/mol. The van der Waals surface area contributed by atoms with Gasteiger partial charge in [0.15, 0.2) is 5.78 Å². The lowest BCUT2D eigenvalue weighted by Gasteiger charge is -2.31. The first-order valence-corrected chi connectivity index (χ1v) is 9.99. The number of Topliss-reactive ketones (excluding diaryl/α,β-unsaturated/α-hetero) is 1. The molecule has 142 valence electrons. The standard InChI is InChI=1S/C21H24N2O3S/c1-14-3-6-16(7-4-14)20(25)17-9-11-23(12-10-17)19(24)13-22-21(26)18-8-5-15(2)27-18/h3-8,17H,9-13H2,1-2H3,(H,22,26). The van der Waals surface area contributed by atoms with Gasteiger partial charge in [-0.05, 0) is 38.8 Å². The van der Waals surface area contributed by atoms with E-state index in [1.54, 1.807) is 11.0 Å². The van der Waals surface area contributed by atoms with E-state index in [1.807, 2.05) is 44.2 Å². The zero-order valence-corrected chi connectivity index (χ0v) is 16.5. The number of thiophene rings is 1. The zero-order chi connectivity index (χ0) is 19.4. The average molecular weight is 385 g/mol. The van der Waals surface area contributed by atoms with E-state index in [0.717, 1.165) is 16.0 Å². The summed E-state index contributed by atoms with van der Waals surface area (Å²) in [4.78, 5) is 40.4. The highest BCUT2D eigenvalue weighted by Gasteiger charge is 2.28. The number of benzene rings is 1. The fraction of sp³-hybridized carbons (Fsp3) is 0.381. The maximum atomic E-state index is 12.6. The lowest BCUT2D eigenvalue weighted by atomic mass is 9.88. The van der Waals surface area contributed by atoms with Crippen LogP contribution in [-0.4, -0.2) is 42.1 Å². The highest BCUT2D eigenvalue weighted by atomic mass is 32.1. The van der Waals surface area contributed by atoms with Gasteiger partial charge >= 0.3 is 0 Å². The Morgan fingerprint density at radius 1 is 1.04 bits per heavy atom. The van der Waals surface area contributed by atoms with Crippen LogP contribution in [-0.2, 0) is 4.79 Å². The molecule has 3 rings (SSSR count). The molecule has 1 N–H and O–H groups in total. The third-order valence-corrected chi connectivity index (χ3v) is 5.92. The monoisotopic (exact) mass is 384 g/mol. The van der Waals surface area contributed by atoms with Crippen molar-refractivity contribution in [3.8, 4) is 0 Å². The molecule has 1 aromatic carbocycles. The van der Waals surface area contributed by atoms with Crippen molar-refractivity contribution in [2.45, 2.75) is 26.7 Å². The lowest BCUT2D eigenvalue weighted by Crippen LogP contribution is -2.45. The average Bonchev–Trinajstić information content (AvgIpc) is 3.12. The van der Waals surface area contributed by atoms with Crippen LogP contribution >= 0.6 is 11.3 Å². The molecule has 0 saturated carbocycles. The molecule has 0 atom stereocenters. The maximum absolute atomic E-state index is 12.6. The summed E-state index contributed by atoms with van der Waals surface area (Å²) in [6, 6.07) is 11.3. The smallest absolute Gasteiger partial charge is 0.261 e. The molecule has 2 heterocycles. The molecule has 1 aliphatic rings. The highest BCUT2D eigenvalue weighted by Crippen LogP contribution is 2.22. The highest BCUT2D eigenvalue weighted by molar-refractivity contribution is 7.13. The van der Waals surface area contributed by atoms with E-state index in [2.05, 4.69) is 5.32 Å². The Kier molecular flexibility index (Phi) is 6.06. The molecule has 2 amide bonds. The van der Waals surface area contributed by atoms with Crippen molar-refractivity contribution in [3.05, 3.63) is 57.3 Å². The van der Waals surface area contributed by atoms with Crippen LogP contribution in [0.1, 0.15) is 43.3 Å². The van der Waals surface area contributed by atoms with E-state index in [1.165, 1.54) is 11.3 Å². The molecule has 1 saturated heterocycles. The van der Waals surface area contributed by atoms with Gasteiger partial charge < -0.3 is 10.2 Å². The van der Waals surface area contributed by atoms with Crippen molar-refractivity contribution in [1.29, 1.82) is 0 Å². The number of nitrogens with zero attached hydrogens (tertiary/aromatic N) is 1. The van der Waals surface area contributed by atoms with Gasteiger partial charge in [0, 0.05) is 29.4 Å². The zero-order valence-electron chi connectivity index (χ0n) is 15.7. The van der Waals surface area contributed by atoms with E-state index in [4.69, 9.17) is 0 Å². The fourth-order valence-electron chi connectivity index (χ4n) is 3.26. The number of amides is 2. The normalized spacial score (nSPS) is 14.8. The van der Waals surface area contributed by atoms with Gasteiger partial charge in [-0.1, -0.05) is 29.8 Å². The predicted molar refractivity (Wildman–Crippen MR) is 106 cm³/mol. The number of nitrogens with one attached hydrogen (secondary N) is 1. The Morgan fingerprint density at radius 3 is 2.30 bits per heavy atom. The first kappa shape index (κ1) is 19.3. The van der Waals surface area contributed by atoms with Gasteiger partial charge in [-0.25, -0.2) is 0 Å². The summed E-state index contributed by atoms with van der Waals surface area (Å²) in [5.74, 6) is -0.201. The van der Waals surface area contributed by atoms with Gasteiger partial charge in [-0.3, -0.25) is 14.4 Å². The second-order valence-corrected chi connectivity index (χ2v) is 8.27. The van der Waals surface area contributed by atoms with Crippen molar-refractivity contribution in [2.75, 3.05) is 19.6 Å². The van der Waals surface area contributed by atoms with Gasteiger partial charge in [0.2, 0.25) is 5.91 Å². The van der Waals surface area contributed by atoms with Crippen LogP contribution in [0.25, 0.3) is 0 Å². The van der Waals surface area contributed by atoms with Gasteiger partial charge in [-0.15, -0.1) is 11.3 Å². The van der Waals surface area contributed by atoms with Crippen LogP contribution in [0.2, 0.25) is 0 Å². The first-order chi connectivity index (χ1) is 12.9. The molecule has 0 unspecified atom stereocenters. The van der Waals surface area contributed by atoms with E-state index in [9.17, 15) is 14.4 Å². The van der Waals surface area contributed by atoms with E-state index in [0.29, 0.717) is 30.8 Å². The van der Waals surface area contributed by atoms with Gasteiger partial charge in [0.25, 0.3) is 5.91 Å². The lowest BCUT2D eigenvalue weighted by molar-refractivity contribution is -0.131. The summed E-state index contributed by atoms with van der Waals surface area (Å²) in [5.41, 5.74) is 1.87. The molecule has 2 aromatic rings. The first-order valence-electron chi connectivity index (χ1n) is 9.17. The van der Waals surface area contributed by atoms with Gasteiger partial charge in [-0.2, -0.15) is 0 Å². The quantitative estimate of drug-likeness (QED) is 0.805. The third kappa shape index (κ3) is 4.83. The second kappa shape index (κ2) is 8.48. The number of ketones is 1. The van der Waals surface area contributed by atoms with Crippen molar-refractivity contribution >= 4 is 28.9 Å². The summed E-state index contributed by atoms with van der Waals surface area (Å²) in [6.07, 6.45) is 1.33. The summed E-state index contributed by atoms with van der Waals surface area (Å²) in [5, 5.41) is 2.69. The van der Waals surface area contributed by atoms with Crippen molar-refractivity contribution in [1.82, 2.24) is 10.2 Å². The summed E-state index contributed by atoms with van der Waals surface area (Å²) >= 11 is 1.41. The number of carbonyl (C=O) groups excluding carboxylic acids is 3. The predicted octanol–water partition coefficient (Wildman–Crippen LogP) is 3.22. The van der Waals surface area contributed by atoms with Gasteiger partial charge in [0.05, 0.1) is 11.4 Å². The number of carbonyl (C=O) groups is 3. The minimum absolute atomic E-state index is 0.00758. The molecule has 5 nitrogen and oxygen atoms in total. The molecular formula is C21H24N2O3S. The number of aryl methyl sites for hydroxylation is 2. The molecule has 1 aromatic heterocycles. The molecule has 0 aliphatic carbocycles. The summed E-state index contributed by atoms with van der Waals surface area (Å²) < 4.78 is 0. The number of hydrogen-bond acceptors (Lipinski definition) is 4. The minimum atomic E-state index is -0.217. The molecule has 6 heteroatoms. The summed E-state index contributed by atoms with van der Waals surface area (Å²) in [6.45, 7) is 5.03.